The highest BCUT2D eigenvalue weighted by Crippen LogP contribution is 2.12. The number of carbonyl (C=O) groups excluding carboxylic acids is 2. The van der Waals surface area contributed by atoms with E-state index >= 15 is 0 Å². The van der Waals surface area contributed by atoms with Gasteiger partial charge in [0.25, 0.3) is 5.91 Å². The summed E-state index contributed by atoms with van der Waals surface area (Å²) in [4.78, 5) is 23.4. The smallest absolute Gasteiger partial charge is 0.355 e. The quantitative estimate of drug-likeness (QED) is 0.740. The van der Waals surface area contributed by atoms with Crippen molar-refractivity contribution in [1.29, 1.82) is 0 Å². The molecule has 0 aliphatic heterocycles. The number of nitrogens with two attached hydrogens (primary N) is 1. The zero-order valence-corrected chi connectivity index (χ0v) is 12.3. The molecule has 0 saturated carbocycles. The molecule has 0 unspecified atom stereocenters. The molecule has 1 amide bonds. The minimum atomic E-state index is -0.533. The standard InChI is InChI=1S/C14H23N3O3/c1-4-5-17-8-11(15)6-12(17)14(19)20-9-13(18)16-7-10(2)3/h6,8,10H,4-5,7,9,15H2,1-3H3,(H,16,18). The Hall–Kier alpha value is -1.98. The molecule has 6 nitrogen and oxygen atoms in total. The van der Waals surface area contributed by atoms with E-state index in [0.29, 0.717) is 30.4 Å². The number of aryl methyl sites for hydroxylation is 1. The van der Waals surface area contributed by atoms with Gasteiger partial charge in [0.05, 0.1) is 5.69 Å². The number of anilines is 1. The van der Waals surface area contributed by atoms with Crippen molar-refractivity contribution in [3.63, 3.8) is 0 Å². The Morgan fingerprint density at radius 2 is 2.15 bits per heavy atom. The molecule has 0 bridgehead atoms. The van der Waals surface area contributed by atoms with E-state index in [0.717, 1.165) is 6.42 Å². The minimum absolute atomic E-state index is 0.275. The van der Waals surface area contributed by atoms with Gasteiger partial charge in [0.15, 0.2) is 6.61 Å². The van der Waals surface area contributed by atoms with Gasteiger partial charge >= 0.3 is 5.97 Å². The van der Waals surface area contributed by atoms with E-state index in [4.69, 9.17) is 10.5 Å². The maximum atomic E-state index is 11.9. The van der Waals surface area contributed by atoms with E-state index in [1.165, 1.54) is 0 Å². The van der Waals surface area contributed by atoms with Gasteiger partial charge in [-0.05, 0) is 18.4 Å². The number of rotatable bonds is 7. The summed E-state index contributed by atoms with van der Waals surface area (Å²) in [7, 11) is 0. The number of carbonyl (C=O) groups is 2. The Balaban J connectivity index is 2.52. The lowest BCUT2D eigenvalue weighted by molar-refractivity contribution is -0.124. The second-order valence-electron chi connectivity index (χ2n) is 5.13. The number of hydrogen-bond donors (Lipinski definition) is 2. The van der Waals surface area contributed by atoms with Gasteiger partial charge in [-0.25, -0.2) is 4.79 Å². The van der Waals surface area contributed by atoms with Crippen molar-refractivity contribution >= 4 is 17.6 Å². The molecule has 0 aliphatic rings. The van der Waals surface area contributed by atoms with Crippen LogP contribution in [0, 0.1) is 5.92 Å². The third kappa shape index (κ3) is 4.95. The van der Waals surface area contributed by atoms with E-state index in [2.05, 4.69) is 5.32 Å². The highest BCUT2D eigenvalue weighted by atomic mass is 16.5. The Kier molecular flexibility index (Phi) is 6.09. The molecule has 112 valence electrons. The molecule has 0 aliphatic carbocycles. The summed E-state index contributed by atoms with van der Waals surface area (Å²) in [6, 6.07) is 1.56. The number of hydrogen-bond acceptors (Lipinski definition) is 4. The summed E-state index contributed by atoms with van der Waals surface area (Å²) >= 11 is 0. The number of aromatic nitrogens is 1. The van der Waals surface area contributed by atoms with Crippen molar-refractivity contribution in [1.82, 2.24) is 9.88 Å². The molecule has 0 atom stereocenters. The average molecular weight is 281 g/mol. The topological polar surface area (TPSA) is 86.3 Å². The van der Waals surface area contributed by atoms with Crippen LogP contribution in [0.2, 0.25) is 0 Å². The fourth-order valence-corrected chi connectivity index (χ4v) is 1.70. The van der Waals surface area contributed by atoms with Crippen LogP contribution >= 0.6 is 0 Å². The second kappa shape index (κ2) is 7.57. The van der Waals surface area contributed by atoms with Crippen LogP contribution in [-0.4, -0.2) is 29.6 Å². The molecule has 6 heteroatoms. The number of esters is 1. The molecule has 1 aromatic heterocycles. The Bertz CT molecular complexity index is 466. The van der Waals surface area contributed by atoms with Gasteiger partial charge in [0, 0.05) is 19.3 Å². The van der Waals surface area contributed by atoms with Gasteiger partial charge in [0.1, 0.15) is 5.69 Å². The van der Waals surface area contributed by atoms with Crippen LogP contribution in [0.15, 0.2) is 12.3 Å². The van der Waals surface area contributed by atoms with Gasteiger partial charge in [-0.1, -0.05) is 20.8 Å². The average Bonchev–Trinajstić information content (AvgIpc) is 2.75. The predicted octanol–water partition coefficient (Wildman–Crippen LogP) is 1.41. The minimum Gasteiger partial charge on any atom is -0.451 e. The Labute approximate surface area is 119 Å². The number of nitrogens with one attached hydrogen (secondary N) is 1. The molecular formula is C14H23N3O3. The van der Waals surface area contributed by atoms with Crippen LogP contribution in [0.3, 0.4) is 0 Å². The third-order valence-corrected chi connectivity index (χ3v) is 2.63. The van der Waals surface area contributed by atoms with E-state index in [1.807, 2.05) is 20.8 Å². The highest BCUT2D eigenvalue weighted by molar-refractivity contribution is 5.91. The fraction of sp³-hybridized carbons (Fsp3) is 0.571. The number of ether oxygens (including phenoxy) is 1. The van der Waals surface area contributed by atoms with Crippen molar-refractivity contribution in [3.05, 3.63) is 18.0 Å². The van der Waals surface area contributed by atoms with E-state index in [-0.39, 0.29) is 12.5 Å². The number of amides is 1. The maximum Gasteiger partial charge on any atom is 0.355 e. The maximum absolute atomic E-state index is 11.9. The second-order valence-corrected chi connectivity index (χ2v) is 5.13. The van der Waals surface area contributed by atoms with Crippen LogP contribution < -0.4 is 11.1 Å². The van der Waals surface area contributed by atoms with Crippen molar-refractivity contribution in [2.45, 2.75) is 33.7 Å². The molecule has 0 saturated heterocycles. The number of nitrogen functional groups attached to an aromatic ring is 1. The normalized spacial score (nSPS) is 10.6. The van der Waals surface area contributed by atoms with E-state index in [9.17, 15) is 9.59 Å². The zero-order valence-electron chi connectivity index (χ0n) is 12.3. The van der Waals surface area contributed by atoms with Crippen molar-refractivity contribution in [2.75, 3.05) is 18.9 Å². The summed E-state index contributed by atoms with van der Waals surface area (Å²) in [6.07, 6.45) is 2.57. The molecule has 0 spiro atoms. The first-order valence-electron chi connectivity index (χ1n) is 6.83. The van der Waals surface area contributed by atoms with Crippen LogP contribution in [-0.2, 0) is 16.1 Å². The lowest BCUT2D eigenvalue weighted by Gasteiger charge is -2.09. The predicted molar refractivity (Wildman–Crippen MR) is 77.3 cm³/mol. The molecule has 1 heterocycles. The van der Waals surface area contributed by atoms with Gasteiger partial charge in [0.2, 0.25) is 0 Å². The Morgan fingerprint density at radius 1 is 1.45 bits per heavy atom. The molecule has 0 aromatic carbocycles. The summed E-state index contributed by atoms with van der Waals surface area (Å²) in [6.45, 7) is 6.96. The van der Waals surface area contributed by atoms with Crippen molar-refractivity contribution in [2.24, 2.45) is 5.92 Å². The van der Waals surface area contributed by atoms with Crippen LogP contribution in [0.1, 0.15) is 37.7 Å². The third-order valence-electron chi connectivity index (χ3n) is 2.63. The molecule has 3 N–H and O–H groups in total. The summed E-state index contributed by atoms with van der Waals surface area (Å²) in [5.74, 6) is -0.472. The van der Waals surface area contributed by atoms with E-state index < -0.39 is 5.97 Å². The van der Waals surface area contributed by atoms with Crippen LogP contribution in [0.25, 0.3) is 0 Å². The molecule has 1 aromatic rings. The first-order chi connectivity index (χ1) is 9.43. The van der Waals surface area contributed by atoms with Gasteiger partial charge in [-0.2, -0.15) is 0 Å². The molecular weight excluding hydrogens is 258 g/mol. The Morgan fingerprint density at radius 3 is 2.75 bits per heavy atom. The molecule has 0 fully saturated rings. The zero-order chi connectivity index (χ0) is 15.1. The highest BCUT2D eigenvalue weighted by Gasteiger charge is 2.15. The van der Waals surface area contributed by atoms with Crippen LogP contribution in [0.4, 0.5) is 5.69 Å². The lowest BCUT2D eigenvalue weighted by Crippen LogP contribution is -2.31. The van der Waals surface area contributed by atoms with Crippen LogP contribution in [0.5, 0.6) is 0 Å². The first-order valence-corrected chi connectivity index (χ1v) is 6.83. The summed E-state index contributed by atoms with van der Waals surface area (Å²) in [5.41, 5.74) is 6.56. The fourth-order valence-electron chi connectivity index (χ4n) is 1.70. The first kappa shape index (κ1) is 16.1. The monoisotopic (exact) mass is 281 g/mol. The molecule has 0 radical (unpaired) electrons. The number of nitrogens with zero attached hydrogens (tertiary/aromatic N) is 1. The van der Waals surface area contributed by atoms with Crippen molar-refractivity contribution < 1.29 is 14.3 Å². The largest absolute Gasteiger partial charge is 0.451 e. The summed E-state index contributed by atoms with van der Waals surface area (Å²) in [5, 5.41) is 2.69. The van der Waals surface area contributed by atoms with Gasteiger partial charge in [-0.15, -0.1) is 0 Å². The van der Waals surface area contributed by atoms with E-state index in [1.54, 1.807) is 16.8 Å². The molecule has 1 rings (SSSR count). The van der Waals surface area contributed by atoms with Gasteiger partial charge < -0.3 is 20.4 Å². The lowest BCUT2D eigenvalue weighted by atomic mass is 10.2. The summed E-state index contributed by atoms with van der Waals surface area (Å²) < 4.78 is 6.73. The SMILES string of the molecule is CCCn1cc(N)cc1C(=O)OCC(=O)NCC(C)C. The molecule has 20 heavy (non-hydrogen) atoms. The van der Waals surface area contributed by atoms with Crippen molar-refractivity contribution in [3.8, 4) is 0 Å². The van der Waals surface area contributed by atoms with Gasteiger partial charge in [-0.3, -0.25) is 4.79 Å².